The summed E-state index contributed by atoms with van der Waals surface area (Å²) in [6, 6.07) is 7.05. The number of hydrogen-bond acceptors (Lipinski definition) is 5. The van der Waals surface area contributed by atoms with E-state index in [0.717, 1.165) is 4.88 Å². The Morgan fingerprint density at radius 1 is 1.37 bits per heavy atom. The fraction of sp³-hybridized carbons (Fsp3) is 0.308. The molecular weight excluding hydrogens is 262 g/mol. The van der Waals surface area contributed by atoms with Crippen LogP contribution in [0.4, 0.5) is 11.5 Å². The van der Waals surface area contributed by atoms with Crippen molar-refractivity contribution in [3.63, 3.8) is 0 Å². The molecule has 0 bridgehead atoms. The van der Waals surface area contributed by atoms with Gasteiger partial charge in [0.2, 0.25) is 5.82 Å². The molecule has 0 aliphatic rings. The van der Waals surface area contributed by atoms with E-state index in [2.05, 4.69) is 24.1 Å². The minimum atomic E-state index is -0.416. The number of hydrogen-bond donors (Lipinski definition) is 1. The Kier molecular flexibility index (Phi) is 4.11. The molecule has 2 heterocycles. The lowest BCUT2D eigenvalue weighted by atomic mass is 10.0. The van der Waals surface area contributed by atoms with E-state index < -0.39 is 4.92 Å². The molecule has 0 fully saturated rings. The maximum atomic E-state index is 11.0. The molecule has 0 saturated heterocycles. The summed E-state index contributed by atoms with van der Waals surface area (Å²) in [5.74, 6) is 0.625. The number of thiophene rings is 1. The van der Waals surface area contributed by atoms with Crippen molar-refractivity contribution in [2.75, 3.05) is 5.32 Å². The zero-order valence-corrected chi connectivity index (χ0v) is 11.6. The minimum absolute atomic E-state index is 0.00436. The van der Waals surface area contributed by atoms with Gasteiger partial charge in [0.1, 0.15) is 0 Å². The number of rotatable bonds is 5. The summed E-state index contributed by atoms with van der Waals surface area (Å²) in [4.78, 5) is 15.8. The maximum absolute atomic E-state index is 11.0. The predicted octanol–water partition coefficient (Wildman–Crippen LogP) is 3.86. The molecule has 6 heteroatoms. The molecule has 2 aromatic rings. The van der Waals surface area contributed by atoms with Crippen LogP contribution < -0.4 is 5.32 Å². The Balaban J connectivity index is 2.30. The molecule has 0 spiro atoms. The number of aromatic nitrogens is 1. The Bertz CT molecular complexity index is 555. The van der Waals surface area contributed by atoms with Crippen LogP contribution >= 0.6 is 11.3 Å². The Hall–Kier alpha value is -1.95. The van der Waals surface area contributed by atoms with E-state index in [-0.39, 0.29) is 11.7 Å². The Morgan fingerprint density at radius 3 is 2.74 bits per heavy atom. The van der Waals surface area contributed by atoms with Crippen molar-refractivity contribution in [2.45, 2.75) is 19.9 Å². The van der Waals surface area contributed by atoms with E-state index in [1.165, 1.54) is 6.07 Å². The lowest BCUT2D eigenvalue weighted by Crippen LogP contribution is -2.17. The third-order valence-corrected chi connectivity index (χ3v) is 3.75. The molecule has 0 radical (unpaired) electrons. The molecule has 5 nitrogen and oxygen atoms in total. The first kappa shape index (κ1) is 13.5. The highest BCUT2D eigenvalue weighted by Gasteiger charge is 2.22. The Labute approximate surface area is 115 Å². The standard InChI is InChI=1S/C13H15N3O2S/c1-9(2)12(11-6-4-8-19-11)15-13-10(16(17)18)5-3-7-14-13/h3-9,12H,1-2H3,(H,14,15). The largest absolute Gasteiger partial charge is 0.356 e. The van der Waals surface area contributed by atoms with E-state index in [1.54, 1.807) is 23.6 Å². The predicted molar refractivity (Wildman–Crippen MR) is 76.4 cm³/mol. The number of nitro groups is 1. The quantitative estimate of drug-likeness (QED) is 0.665. The molecule has 1 atom stereocenters. The molecule has 1 N–H and O–H groups in total. The van der Waals surface area contributed by atoms with Gasteiger partial charge in [-0.3, -0.25) is 10.1 Å². The van der Waals surface area contributed by atoms with Crippen molar-refractivity contribution in [1.29, 1.82) is 0 Å². The van der Waals surface area contributed by atoms with E-state index >= 15 is 0 Å². The molecule has 2 rings (SSSR count). The van der Waals surface area contributed by atoms with Gasteiger partial charge in [-0.2, -0.15) is 0 Å². The van der Waals surface area contributed by atoms with Crippen LogP contribution in [0.1, 0.15) is 24.8 Å². The van der Waals surface area contributed by atoms with Crippen molar-refractivity contribution in [3.05, 3.63) is 50.8 Å². The van der Waals surface area contributed by atoms with Crippen molar-refractivity contribution >= 4 is 22.8 Å². The fourth-order valence-corrected chi connectivity index (χ4v) is 2.79. The normalized spacial score (nSPS) is 12.4. The van der Waals surface area contributed by atoms with E-state index in [4.69, 9.17) is 0 Å². The van der Waals surface area contributed by atoms with Gasteiger partial charge in [-0.05, 0) is 23.4 Å². The van der Waals surface area contributed by atoms with Gasteiger partial charge in [0.15, 0.2) is 0 Å². The Morgan fingerprint density at radius 2 is 2.16 bits per heavy atom. The SMILES string of the molecule is CC(C)C(Nc1ncccc1[N+](=O)[O-])c1cccs1. The van der Waals surface area contributed by atoms with Gasteiger partial charge in [0, 0.05) is 17.1 Å². The molecule has 0 aromatic carbocycles. The first-order valence-electron chi connectivity index (χ1n) is 5.99. The van der Waals surface area contributed by atoms with Gasteiger partial charge in [-0.25, -0.2) is 4.98 Å². The molecule has 0 aliphatic heterocycles. The van der Waals surface area contributed by atoms with Crippen molar-refractivity contribution in [1.82, 2.24) is 4.98 Å². The van der Waals surface area contributed by atoms with Crippen LogP contribution in [0.3, 0.4) is 0 Å². The van der Waals surface area contributed by atoms with Crippen molar-refractivity contribution in [2.24, 2.45) is 5.92 Å². The van der Waals surface area contributed by atoms with Crippen LogP contribution in [0.25, 0.3) is 0 Å². The van der Waals surface area contributed by atoms with Crippen molar-refractivity contribution < 1.29 is 4.92 Å². The van der Waals surface area contributed by atoms with Gasteiger partial charge in [-0.1, -0.05) is 19.9 Å². The fourth-order valence-electron chi connectivity index (χ4n) is 1.84. The molecule has 2 aromatic heterocycles. The van der Waals surface area contributed by atoms with Gasteiger partial charge in [0.05, 0.1) is 11.0 Å². The summed E-state index contributed by atoms with van der Waals surface area (Å²) in [5, 5.41) is 16.2. The molecule has 0 saturated carbocycles. The van der Waals surface area contributed by atoms with Gasteiger partial charge in [0.25, 0.3) is 0 Å². The summed E-state index contributed by atoms with van der Waals surface area (Å²) in [7, 11) is 0. The van der Waals surface area contributed by atoms with Gasteiger partial charge < -0.3 is 5.32 Å². The average Bonchev–Trinajstić information content (AvgIpc) is 2.89. The first-order valence-corrected chi connectivity index (χ1v) is 6.87. The minimum Gasteiger partial charge on any atom is -0.356 e. The third kappa shape index (κ3) is 3.08. The topological polar surface area (TPSA) is 68.1 Å². The van der Waals surface area contributed by atoms with E-state index in [0.29, 0.717) is 11.7 Å². The molecule has 0 amide bonds. The smallest absolute Gasteiger partial charge is 0.311 e. The molecular formula is C13H15N3O2S. The highest BCUT2D eigenvalue weighted by molar-refractivity contribution is 7.10. The van der Waals surface area contributed by atoms with E-state index in [1.807, 2.05) is 17.5 Å². The number of nitrogens with zero attached hydrogens (tertiary/aromatic N) is 2. The van der Waals surface area contributed by atoms with Crippen LogP contribution in [-0.2, 0) is 0 Å². The average molecular weight is 277 g/mol. The van der Waals surface area contributed by atoms with Gasteiger partial charge in [-0.15, -0.1) is 11.3 Å². The molecule has 100 valence electrons. The van der Waals surface area contributed by atoms with Crippen LogP contribution in [-0.4, -0.2) is 9.91 Å². The summed E-state index contributed by atoms with van der Waals surface area (Å²) < 4.78 is 0. The number of pyridine rings is 1. The molecule has 19 heavy (non-hydrogen) atoms. The second-order valence-corrected chi connectivity index (χ2v) is 5.49. The maximum Gasteiger partial charge on any atom is 0.311 e. The van der Waals surface area contributed by atoms with Crippen LogP contribution in [0, 0.1) is 16.0 Å². The van der Waals surface area contributed by atoms with Crippen LogP contribution in [0.15, 0.2) is 35.8 Å². The molecule has 0 aliphatic carbocycles. The molecule has 1 unspecified atom stereocenters. The number of nitrogens with one attached hydrogen (secondary N) is 1. The number of anilines is 1. The van der Waals surface area contributed by atoms with E-state index in [9.17, 15) is 10.1 Å². The lowest BCUT2D eigenvalue weighted by molar-refractivity contribution is -0.384. The first-order chi connectivity index (χ1) is 9.09. The summed E-state index contributed by atoms with van der Waals surface area (Å²) in [5.41, 5.74) is 0.00436. The van der Waals surface area contributed by atoms with Crippen molar-refractivity contribution in [3.8, 4) is 0 Å². The summed E-state index contributed by atoms with van der Waals surface area (Å²) in [6.07, 6.45) is 1.56. The summed E-state index contributed by atoms with van der Waals surface area (Å²) in [6.45, 7) is 4.15. The monoisotopic (exact) mass is 277 g/mol. The highest BCUT2D eigenvalue weighted by Crippen LogP contribution is 2.32. The second kappa shape index (κ2) is 5.79. The third-order valence-electron chi connectivity index (χ3n) is 2.79. The van der Waals surface area contributed by atoms with Crippen LogP contribution in [0.5, 0.6) is 0 Å². The van der Waals surface area contributed by atoms with Gasteiger partial charge >= 0.3 is 5.69 Å². The summed E-state index contributed by atoms with van der Waals surface area (Å²) >= 11 is 1.63. The lowest BCUT2D eigenvalue weighted by Gasteiger charge is -2.21. The second-order valence-electron chi connectivity index (χ2n) is 4.51. The zero-order chi connectivity index (χ0) is 13.8. The highest BCUT2D eigenvalue weighted by atomic mass is 32.1. The van der Waals surface area contributed by atoms with Crippen LogP contribution in [0.2, 0.25) is 0 Å². The zero-order valence-electron chi connectivity index (χ0n) is 10.7.